The second-order valence-corrected chi connectivity index (χ2v) is 8.02. The first-order chi connectivity index (χ1) is 14.1. The van der Waals surface area contributed by atoms with Crippen molar-refractivity contribution in [2.45, 2.75) is 44.3 Å². The smallest absolute Gasteiger partial charge is 0.251 e. The van der Waals surface area contributed by atoms with E-state index in [9.17, 15) is 15.0 Å². The van der Waals surface area contributed by atoms with Crippen molar-refractivity contribution >= 4 is 16.7 Å². The van der Waals surface area contributed by atoms with E-state index in [1.165, 1.54) is 0 Å². The van der Waals surface area contributed by atoms with Crippen LogP contribution in [-0.4, -0.2) is 28.3 Å². The van der Waals surface area contributed by atoms with E-state index in [1.54, 1.807) is 0 Å². The van der Waals surface area contributed by atoms with Gasteiger partial charge in [-0.25, -0.2) is 0 Å². The van der Waals surface area contributed by atoms with Gasteiger partial charge in [0.05, 0.1) is 12.2 Å². The molecule has 3 N–H and O–H groups in total. The van der Waals surface area contributed by atoms with Gasteiger partial charge in [0.2, 0.25) is 0 Å². The average molecular weight is 389 g/mol. The summed E-state index contributed by atoms with van der Waals surface area (Å²) in [6, 6.07) is 19.5. The lowest BCUT2D eigenvalue weighted by molar-refractivity contribution is 0.00526. The molecular formula is C25H27NO3. The molecule has 0 atom stereocenters. The van der Waals surface area contributed by atoms with Crippen LogP contribution in [0, 0.1) is 0 Å². The maximum absolute atomic E-state index is 12.7. The number of rotatable bonds is 5. The molecule has 0 unspecified atom stereocenters. The van der Waals surface area contributed by atoms with Gasteiger partial charge in [-0.2, -0.15) is 0 Å². The van der Waals surface area contributed by atoms with Gasteiger partial charge < -0.3 is 15.5 Å². The molecule has 1 aliphatic rings. The first-order valence-electron chi connectivity index (χ1n) is 10.3. The van der Waals surface area contributed by atoms with Crippen molar-refractivity contribution in [3.05, 3.63) is 71.8 Å². The van der Waals surface area contributed by atoms with E-state index in [-0.39, 0.29) is 12.5 Å². The molecule has 3 aromatic carbocycles. The Balaban J connectivity index is 1.59. The van der Waals surface area contributed by atoms with Crippen LogP contribution in [0.25, 0.3) is 21.9 Å². The maximum Gasteiger partial charge on any atom is 0.251 e. The number of hydrogen-bond donors (Lipinski definition) is 3. The molecule has 0 aliphatic heterocycles. The first kappa shape index (κ1) is 19.6. The number of benzene rings is 3. The van der Waals surface area contributed by atoms with Crippen LogP contribution in [0.4, 0.5) is 0 Å². The van der Waals surface area contributed by atoms with Crippen LogP contribution < -0.4 is 5.32 Å². The quantitative estimate of drug-likeness (QED) is 0.605. The second-order valence-electron chi connectivity index (χ2n) is 8.02. The van der Waals surface area contributed by atoms with Crippen LogP contribution in [-0.2, 0) is 6.61 Å². The van der Waals surface area contributed by atoms with Gasteiger partial charge in [0.15, 0.2) is 0 Å². The predicted octanol–water partition coefficient (Wildman–Crippen LogP) is 4.42. The largest absolute Gasteiger partial charge is 0.392 e. The van der Waals surface area contributed by atoms with Gasteiger partial charge >= 0.3 is 0 Å². The number of amides is 1. The Hall–Kier alpha value is -2.69. The standard InChI is InChI=1S/C25H27NO3/c27-16-20-7-2-3-9-21(20)23-10-6-8-18-15-19(11-12-22(18)23)24(28)26-17-25(29)13-4-1-5-14-25/h2-3,6-12,15,27,29H,1,4-5,13-14,16-17H2,(H,26,28). The van der Waals surface area contributed by atoms with Gasteiger partial charge in [-0.3, -0.25) is 4.79 Å². The third kappa shape index (κ3) is 4.19. The van der Waals surface area contributed by atoms with Crippen LogP contribution in [0.3, 0.4) is 0 Å². The molecule has 4 nitrogen and oxygen atoms in total. The highest BCUT2D eigenvalue weighted by molar-refractivity contribution is 6.03. The second kappa shape index (κ2) is 8.36. The fraction of sp³-hybridized carbons (Fsp3) is 0.320. The molecule has 0 aromatic heterocycles. The zero-order valence-corrected chi connectivity index (χ0v) is 16.5. The molecule has 1 fully saturated rings. The van der Waals surface area contributed by atoms with Gasteiger partial charge in [-0.1, -0.05) is 67.8 Å². The molecule has 1 saturated carbocycles. The summed E-state index contributed by atoms with van der Waals surface area (Å²) in [7, 11) is 0. The Morgan fingerprint density at radius 1 is 0.931 bits per heavy atom. The molecule has 0 saturated heterocycles. The molecule has 3 aromatic rings. The zero-order chi connectivity index (χ0) is 20.3. The fourth-order valence-corrected chi connectivity index (χ4v) is 4.31. The van der Waals surface area contributed by atoms with Crippen LogP contribution in [0.1, 0.15) is 48.0 Å². The van der Waals surface area contributed by atoms with Crippen molar-refractivity contribution in [2.75, 3.05) is 6.54 Å². The maximum atomic E-state index is 12.7. The van der Waals surface area contributed by atoms with E-state index in [4.69, 9.17) is 0 Å². The van der Waals surface area contributed by atoms with Crippen molar-refractivity contribution in [3.63, 3.8) is 0 Å². The Kier molecular flexibility index (Phi) is 5.65. The Bertz CT molecular complexity index is 1020. The molecule has 1 amide bonds. The molecule has 0 radical (unpaired) electrons. The first-order valence-corrected chi connectivity index (χ1v) is 10.3. The summed E-state index contributed by atoms with van der Waals surface area (Å²) in [4.78, 5) is 12.7. The topological polar surface area (TPSA) is 69.6 Å². The average Bonchev–Trinajstić information content (AvgIpc) is 2.77. The number of hydrogen-bond acceptors (Lipinski definition) is 3. The van der Waals surface area contributed by atoms with Gasteiger partial charge in [0.1, 0.15) is 0 Å². The van der Waals surface area contributed by atoms with Crippen molar-refractivity contribution in [3.8, 4) is 11.1 Å². The molecule has 0 heterocycles. The SMILES string of the molecule is O=C(NCC1(O)CCCCC1)c1ccc2c(-c3ccccc3CO)cccc2c1. The molecule has 0 bridgehead atoms. The summed E-state index contributed by atoms with van der Waals surface area (Å²) >= 11 is 0. The lowest BCUT2D eigenvalue weighted by atomic mass is 9.85. The molecule has 4 heteroatoms. The van der Waals surface area contributed by atoms with E-state index >= 15 is 0 Å². The number of fused-ring (bicyclic) bond motifs is 1. The van der Waals surface area contributed by atoms with Crippen LogP contribution >= 0.6 is 0 Å². The summed E-state index contributed by atoms with van der Waals surface area (Å²) in [6.45, 7) is 0.281. The van der Waals surface area contributed by atoms with Gasteiger partial charge in [-0.05, 0) is 52.4 Å². The summed E-state index contributed by atoms with van der Waals surface area (Å²) in [5.74, 6) is -0.160. The van der Waals surface area contributed by atoms with Crippen molar-refractivity contribution < 1.29 is 15.0 Å². The molecule has 0 spiro atoms. The zero-order valence-electron chi connectivity index (χ0n) is 16.5. The molecule has 29 heavy (non-hydrogen) atoms. The predicted molar refractivity (Wildman–Crippen MR) is 116 cm³/mol. The van der Waals surface area contributed by atoms with Crippen LogP contribution in [0.2, 0.25) is 0 Å². The minimum atomic E-state index is -0.772. The van der Waals surface area contributed by atoms with Crippen molar-refractivity contribution in [1.82, 2.24) is 5.32 Å². The van der Waals surface area contributed by atoms with Crippen LogP contribution in [0.15, 0.2) is 60.7 Å². The summed E-state index contributed by atoms with van der Waals surface area (Å²) in [5.41, 5.74) is 2.73. The Morgan fingerprint density at radius 3 is 2.48 bits per heavy atom. The number of carbonyl (C=O) groups is 1. The fourth-order valence-electron chi connectivity index (χ4n) is 4.31. The van der Waals surface area contributed by atoms with Crippen molar-refractivity contribution in [2.24, 2.45) is 0 Å². The lowest BCUT2D eigenvalue weighted by Gasteiger charge is -2.32. The highest BCUT2D eigenvalue weighted by atomic mass is 16.3. The minimum Gasteiger partial charge on any atom is -0.392 e. The molecule has 4 rings (SSSR count). The lowest BCUT2D eigenvalue weighted by Crippen LogP contribution is -2.44. The molecule has 1 aliphatic carbocycles. The third-order valence-electron chi connectivity index (χ3n) is 5.98. The van der Waals surface area contributed by atoms with Gasteiger partial charge in [0.25, 0.3) is 5.91 Å². The number of aliphatic hydroxyl groups is 2. The Morgan fingerprint density at radius 2 is 1.69 bits per heavy atom. The van der Waals surface area contributed by atoms with Gasteiger partial charge in [0, 0.05) is 12.1 Å². The monoisotopic (exact) mass is 389 g/mol. The minimum absolute atomic E-state index is 0.0179. The highest BCUT2D eigenvalue weighted by Crippen LogP contribution is 2.32. The van der Waals surface area contributed by atoms with E-state index in [2.05, 4.69) is 5.32 Å². The van der Waals surface area contributed by atoms with E-state index in [0.717, 1.165) is 59.6 Å². The van der Waals surface area contributed by atoms with Crippen molar-refractivity contribution in [1.29, 1.82) is 0 Å². The molecular weight excluding hydrogens is 362 g/mol. The molecule has 150 valence electrons. The highest BCUT2D eigenvalue weighted by Gasteiger charge is 2.29. The summed E-state index contributed by atoms with van der Waals surface area (Å²) < 4.78 is 0. The third-order valence-corrected chi connectivity index (χ3v) is 5.98. The number of nitrogens with one attached hydrogen (secondary N) is 1. The van der Waals surface area contributed by atoms with Crippen LogP contribution in [0.5, 0.6) is 0 Å². The van der Waals surface area contributed by atoms with E-state index in [1.807, 2.05) is 60.7 Å². The summed E-state index contributed by atoms with van der Waals surface area (Å²) in [5, 5.41) is 25.2. The van der Waals surface area contributed by atoms with Gasteiger partial charge in [-0.15, -0.1) is 0 Å². The Labute approximate surface area is 171 Å². The van der Waals surface area contributed by atoms with E-state index < -0.39 is 5.60 Å². The number of aliphatic hydroxyl groups excluding tert-OH is 1. The number of carbonyl (C=O) groups excluding carboxylic acids is 1. The summed E-state index contributed by atoms with van der Waals surface area (Å²) in [6.07, 6.45) is 4.68. The van der Waals surface area contributed by atoms with E-state index in [0.29, 0.717) is 12.1 Å². The normalized spacial score (nSPS) is 15.9.